The summed E-state index contributed by atoms with van der Waals surface area (Å²) < 4.78 is 43.5. The van der Waals surface area contributed by atoms with Gasteiger partial charge in [-0.2, -0.15) is 13.2 Å². The Balaban J connectivity index is 1.59. The summed E-state index contributed by atoms with van der Waals surface area (Å²) in [7, 11) is 0. The normalized spacial score (nSPS) is 22.5. The van der Waals surface area contributed by atoms with E-state index in [4.69, 9.17) is 16.3 Å². The molecule has 2 aromatic heterocycles. The lowest BCUT2D eigenvalue weighted by Gasteiger charge is -2.25. The number of carbonyl (C=O) groups excluding carboxylic acids is 1. The van der Waals surface area contributed by atoms with E-state index in [1.807, 2.05) is 12.2 Å². The Kier molecular flexibility index (Phi) is 6.38. The van der Waals surface area contributed by atoms with Gasteiger partial charge in [-0.15, -0.1) is 0 Å². The first-order chi connectivity index (χ1) is 15.2. The Hall–Kier alpha value is -2.66. The number of nitrogens with one attached hydrogen (secondary N) is 2. The molecule has 2 aliphatic rings. The van der Waals surface area contributed by atoms with Crippen molar-refractivity contribution < 1.29 is 22.7 Å². The van der Waals surface area contributed by atoms with Crippen molar-refractivity contribution in [3.05, 3.63) is 40.9 Å². The highest BCUT2D eigenvalue weighted by molar-refractivity contribution is 6.30. The molecule has 2 aliphatic heterocycles. The lowest BCUT2D eigenvalue weighted by atomic mass is 10.0. The highest BCUT2D eigenvalue weighted by Crippen LogP contribution is 2.35. The van der Waals surface area contributed by atoms with Crippen molar-refractivity contribution in [3.8, 4) is 0 Å². The highest BCUT2D eigenvalue weighted by atomic mass is 35.5. The molecular formula is C20H22ClF3N6O2. The summed E-state index contributed by atoms with van der Waals surface area (Å²) in [5.74, 6) is 0.753. The third-order valence-electron chi connectivity index (χ3n) is 5.43. The molecule has 1 saturated heterocycles. The van der Waals surface area contributed by atoms with Crippen LogP contribution in [0.1, 0.15) is 30.7 Å². The van der Waals surface area contributed by atoms with E-state index < -0.39 is 24.7 Å². The zero-order chi connectivity index (χ0) is 22.9. The number of hydrogen-bond donors (Lipinski definition) is 2. The number of carbonyl (C=O) groups is 1. The molecule has 0 aromatic carbocycles. The summed E-state index contributed by atoms with van der Waals surface area (Å²) in [6, 6.07) is 2.61. The van der Waals surface area contributed by atoms with E-state index in [9.17, 15) is 18.0 Å². The van der Waals surface area contributed by atoms with E-state index in [-0.39, 0.29) is 18.4 Å². The Labute approximate surface area is 187 Å². The van der Waals surface area contributed by atoms with Gasteiger partial charge in [0.1, 0.15) is 30.0 Å². The lowest BCUT2D eigenvalue weighted by molar-refractivity contribution is -0.139. The van der Waals surface area contributed by atoms with E-state index >= 15 is 0 Å². The summed E-state index contributed by atoms with van der Waals surface area (Å²) in [6.45, 7) is 1.74. The van der Waals surface area contributed by atoms with Crippen LogP contribution in [0.25, 0.3) is 0 Å². The summed E-state index contributed by atoms with van der Waals surface area (Å²) in [6.07, 6.45) is -1.39. The third-order valence-corrected chi connectivity index (χ3v) is 5.64. The Morgan fingerprint density at radius 3 is 2.97 bits per heavy atom. The Morgan fingerprint density at radius 2 is 2.22 bits per heavy atom. The zero-order valence-electron chi connectivity index (χ0n) is 17.2. The molecular weight excluding hydrogens is 449 g/mol. The van der Waals surface area contributed by atoms with Gasteiger partial charge in [-0.05, 0) is 19.1 Å². The van der Waals surface area contributed by atoms with E-state index in [1.54, 1.807) is 29.4 Å². The molecule has 0 spiro atoms. The SMILES string of the molecule is CCOC1C[C@@H](C(=O)NCC(F)(F)F)N(c2ccnc(C3CNc4ncc(Cl)cc43)n2)C1. The smallest absolute Gasteiger partial charge is 0.377 e. The van der Waals surface area contributed by atoms with Gasteiger partial charge in [-0.3, -0.25) is 4.79 Å². The molecule has 4 rings (SSSR count). The number of hydrogen-bond acceptors (Lipinski definition) is 7. The molecule has 12 heteroatoms. The van der Waals surface area contributed by atoms with Crippen molar-refractivity contribution in [2.45, 2.75) is 37.6 Å². The number of fused-ring (bicyclic) bond motifs is 1. The van der Waals surface area contributed by atoms with Crippen molar-refractivity contribution in [3.63, 3.8) is 0 Å². The number of nitrogens with zero attached hydrogens (tertiary/aromatic N) is 4. The molecule has 2 unspecified atom stereocenters. The van der Waals surface area contributed by atoms with Gasteiger partial charge < -0.3 is 20.3 Å². The molecule has 172 valence electrons. The van der Waals surface area contributed by atoms with Crippen molar-refractivity contribution >= 4 is 29.1 Å². The van der Waals surface area contributed by atoms with Gasteiger partial charge in [0.15, 0.2) is 0 Å². The summed E-state index contributed by atoms with van der Waals surface area (Å²) in [5, 5.41) is 5.67. The summed E-state index contributed by atoms with van der Waals surface area (Å²) in [5.41, 5.74) is 0.864. The molecule has 8 nitrogen and oxygen atoms in total. The Bertz CT molecular complexity index is 992. The fourth-order valence-corrected chi connectivity index (χ4v) is 4.23. The van der Waals surface area contributed by atoms with Gasteiger partial charge >= 0.3 is 6.18 Å². The second kappa shape index (κ2) is 9.07. The maximum absolute atomic E-state index is 12.6. The molecule has 3 atom stereocenters. The fraction of sp³-hybridized carbons (Fsp3) is 0.500. The molecule has 32 heavy (non-hydrogen) atoms. The quantitative estimate of drug-likeness (QED) is 0.670. The van der Waals surface area contributed by atoms with E-state index in [0.29, 0.717) is 42.2 Å². The average Bonchev–Trinajstić information content (AvgIpc) is 3.36. The molecule has 0 bridgehead atoms. The Morgan fingerprint density at radius 1 is 1.41 bits per heavy atom. The van der Waals surface area contributed by atoms with Crippen LogP contribution in [0.4, 0.5) is 24.8 Å². The largest absolute Gasteiger partial charge is 0.405 e. The maximum atomic E-state index is 12.6. The highest BCUT2D eigenvalue weighted by Gasteiger charge is 2.40. The summed E-state index contributed by atoms with van der Waals surface area (Å²) >= 11 is 6.09. The van der Waals surface area contributed by atoms with Gasteiger partial charge in [-0.25, -0.2) is 15.0 Å². The standard InChI is InChI=1S/C20H22ClF3N6O2/c1-2-32-12-6-15(19(31)28-10-20(22,23)24)30(9-12)16-3-4-25-18(29-16)14-8-27-17-13(14)5-11(21)7-26-17/h3-5,7,12,14-15H,2,6,8-10H2,1H3,(H,26,27)(H,28,31)/t12?,14?,15-/m0/s1. The fourth-order valence-electron chi connectivity index (χ4n) is 4.06. The van der Waals surface area contributed by atoms with E-state index in [2.05, 4.69) is 20.3 Å². The number of halogens is 4. The molecule has 0 aliphatic carbocycles. The lowest BCUT2D eigenvalue weighted by Crippen LogP contribution is -2.46. The minimum absolute atomic E-state index is 0.195. The second-order valence-electron chi connectivity index (χ2n) is 7.61. The predicted octanol–water partition coefficient (Wildman–Crippen LogP) is 2.74. The van der Waals surface area contributed by atoms with E-state index in [1.165, 1.54) is 0 Å². The second-order valence-corrected chi connectivity index (χ2v) is 8.05. The van der Waals surface area contributed by atoms with Crippen LogP contribution in [0.3, 0.4) is 0 Å². The number of alkyl halides is 3. The van der Waals surface area contributed by atoms with E-state index in [0.717, 1.165) is 5.56 Å². The summed E-state index contributed by atoms with van der Waals surface area (Å²) in [4.78, 5) is 27.6. The molecule has 0 saturated carbocycles. The number of ether oxygens (including phenoxy) is 1. The molecule has 1 fully saturated rings. The van der Waals surface area contributed by atoms with Crippen molar-refractivity contribution in [1.82, 2.24) is 20.3 Å². The van der Waals surface area contributed by atoms with Crippen LogP contribution in [0.5, 0.6) is 0 Å². The number of anilines is 2. The number of rotatable bonds is 6. The van der Waals surface area contributed by atoms with Gasteiger partial charge in [0.25, 0.3) is 0 Å². The molecule has 0 radical (unpaired) electrons. The number of aromatic nitrogens is 3. The maximum Gasteiger partial charge on any atom is 0.405 e. The minimum Gasteiger partial charge on any atom is -0.377 e. The van der Waals surface area contributed by atoms with Crippen molar-refractivity contribution in [1.29, 1.82) is 0 Å². The van der Waals surface area contributed by atoms with Crippen molar-refractivity contribution in [2.24, 2.45) is 0 Å². The number of pyridine rings is 1. The van der Waals surface area contributed by atoms with Crippen molar-refractivity contribution in [2.75, 3.05) is 36.5 Å². The van der Waals surface area contributed by atoms with Crippen LogP contribution in [-0.2, 0) is 9.53 Å². The molecule has 4 heterocycles. The number of amides is 1. The first-order valence-corrected chi connectivity index (χ1v) is 10.6. The van der Waals surface area contributed by atoms with Crippen LogP contribution < -0.4 is 15.5 Å². The predicted molar refractivity (Wildman–Crippen MR) is 112 cm³/mol. The first kappa shape index (κ1) is 22.5. The van der Waals surface area contributed by atoms with Gasteiger partial charge in [0, 0.05) is 44.1 Å². The monoisotopic (exact) mass is 470 g/mol. The topological polar surface area (TPSA) is 92.3 Å². The van der Waals surface area contributed by atoms with Gasteiger partial charge in [0.05, 0.1) is 17.0 Å². The average molecular weight is 471 g/mol. The van der Waals surface area contributed by atoms with Crippen LogP contribution >= 0.6 is 11.6 Å². The van der Waals surface area contributed by atoms with Crippen LogP contribution in [0.2, 0.25) is 5.02 Å². The third kappa shape index (κ3) is 4.88. The van der Waals surface area contributed by atoms with Crippen LogP contribution in [-0.4, -0.2) is 65.4 Å². The van der Waals surface area contributed by atoms with Gasteiger partial charge in [-0.1, -0.05) is 11.6 Å². The molecule has 2 N–H and O–H groups in total. The van der Waals surface area contributed by atoms with Crippen LogP contribution in [0, 0.1) is 0 Å². The molecule has 2 aromatic rings. The van der Waals surface area contributed by atoms with Crippen LogP contribution in [0.15, 0.2) is 24.5 Å². The molecule has 1 amide bonds. The first-order valence-electron chi connectivity index (χ1n) is 10.2. The zero-order valence-corrected chi connectivity index (χ0v) is 18.0. The minimum atomic E-state index is -4.49. The van der Waals surface area contributed by atoms with Gasteiger partial charge in [0.2, 0.25) is 5.91 Å².